The average molecular weight is 922 g/mol. The number of benzene rings is 4. The van der Waals surface area contributed by atoms with E-state index in [1.807, 2.05) is 168 Å². The van der Waals surface area contributed by atoms with E-state index >= 15 is 0 Å². The molecule has 1 heterocycles. The predicted molar refractivity (Wildman–Crippen MR) is 257 cm³/mol. The first kappa shape index (κ1) is 51.1. The number of allylic oxidation sites excluding steroid dienone is 9. The van der Waals surface area contributed by atoms with Crippen LogP contribution in [-0.4, -0.2) is 99.7 Å². The Bertz CT molecular complexity index is 2500. The van der Waals surface area contributed by atoms with Gasteiger partial charge in [-0.3, -0.25) is 0 Å². The lowest BCUT2D eigenvalue weighted by molar-refractivity contribution is -0.523. The molecule has 0 N–H and O–H groups in total. The van der Waals surface area contributed by atoms with Crippen molar-refractivity contribution in [1.82, 2.24) is 0 Å². The zero-order chi connectivity index (χ0) is 49.2. The van der Waals surface area contributed by atoms with Crippen LogP contribution in [-0.2, 0) is 19.2 Å². The van der Waals surface area contributed by atoms with Crippen molar-refractivity contribution in [3.63, 3.8) is 0 Å². The van der Waals surface area contributed by atoms with E-state index in [0.29, 0.717) is 39.4 Å². The molecule has 14 nitrogen and oxygen atoms in total. The predicted octanol–water partition coefficient (Wildman–Crippen LogP) is 2.97. The summed E-state index contributed by atoms with van der Waals surface area (Å²) in [7, 11) is 0. The summed E-state index contributed by atoms with van der Waals surface area (Å²) in [5.41, 5.74) is 9.15. The first-order chi connectivity index (χ1) is 32.7. The molecule has 0 spiro atoms. The van der Waals surface area contributed by atoms with E-state index in [-0.39, 0.29) is 26.2 Å². The maximum Gasteiger partial charge on any atom is 0.200 e. The molecule has 0 saturated heterocycles. The van der Waals surface area contributed by atoms with Crippen LogP contribution in [0.5, 0.6) is 11.5 Å². The van der Waals surface area contributed by atoms with Crippen LogP contribution in [0.2, 0.25) is 0 Å². The van der Waals surface area contributed by atoms with Crippen molar-refractivity contribution in [3.05, 3.63) is 161 Å². The Morgan fingerprint density at radius 1 is 0.574 bits per heavy atom. The minimum absolute atomic E-state index is 0.246. The topological polar surface area (TPSA) is 192 Å². The van der Waals surface area contributed by atoms with E-state index in [9.17, 15) is 39.6 Å². The molecule has 0 amide bonds. The molecular weight excluding hydrogens is 865 g/mol. The Morgan fingerprint density at radius 2 is 1.01 bits per heavy atom. The van der Waals surface area contributed by atoms with Crippen LogP contribution in [0.25, 0.3) is 11.1 Å². The highest BCUT2D eigenvalue weighted by molar-refractivity contribution is 6.04. The summed E-state index contributed by atoms with van der Waals surface area (Å²) in [4.78, 5) is 50.6. The van der Waals surface area contributed by atoms with E-state index in [2.05, 4.69) is 0 Å². The molecule has 6 rings (SSSR count). The molecule has 1 aliphatic carbocycles. The summed E-state index contributed by atoms with van der Waals surface area (Å²) in [6, 6.07) is 28.6. The van der Waals surface area contributed by atoms with Gasteiger partial charge in [-0.25, -0.2) is 4.58 Å². The molecule has 0 radical (unpaired) electrons. The van der Waals surface area contributed by atoms with E-state index in [4.69, 9.17) is 9.47 Å². The number of nitrogens with zero attached hydrogens (tertiary/aromatic N) is 4. The molecule has 0 saturated carbocycles. The number of hydrogen-bond acceptors (Lipinski definition) is 13. The van der Waals surface area contributed by atoms with Gasteiger partial charge in [0.15, 0.2) is 23.8 Å². The lowest BCUT2D eigenvalue weighted by Gasteiger charge is -2.24. The third-order valence-corrected chi connectivity index (χ3v) is 11.2. The lowest BCUT2D eigenvalue weighted by Crippen LogP contribution is -2.38. The number of rotatable bonds is 20. The first-order valence-corrected chi connectivity index (χ1v) is 22.6. The number of carboxylic acids is 4. The first-order valence-electron chi connectivity index (χ1n) is 22.6. The van der Waals surface area contributed by atoms with Crippen molar-refractivity contribution < 1.29 is 53.7 Å². The van der Waals surface area contributed by atoms with Crippen LogP contribution in [0.15, 0.2) is 139 Å². The zero-order valence-corrected chi connectivity index (χ0v) is 39.1. The van der Waals surface area contributed by atoms with Gasteiger partial charge >= 0.3 is 0 Å². The Hall–Kier alpha value is -7.87. The molecule has 0 atom stereocenters. The largest absolute Gasteiger partial charge is 0.548 e. The monoisotopic (exact) mass is 921 g/mol. The minimum atomic E-state index is -1.18. The summed E-state index contributed by atoms with van der Waals surface area (Å²) < 4.78 is 12.4. The molecule has 2 aliphatic rings. The second kappa shape index (κ2) is 25.2. The zero-order valence-electron chi connectivity index (χ0n) is 39.1. The van der Waals surface area contributed by atoms with Gasteiger partial charge < -0.3 is 63.8 Å². The molecular formula is C54H57N4O10-3. The van der Waals surface area contributed by atoms with E-state index in [1.165, 1.54) is 5.56 Å². The number of carbonyl (C=O) groups excluding carboxylic acids is 4. The van der Waals surface area contributed by atoms with E-state index < -0.39 is 23.9 Å². The maximum absolute atomic E-state index is 11.4. The number of fused-ring (bicyclic) bond motifs is 1. The highest BCUT2D eigenvalue weighted by atomic mass is 16.6. The third kappa shape index (κ3) is 14.6. The smallest absolute Gasteiger partial charge is 0.200 e. The van der Waals surface area contributed by atoms with Gasteiger partial charge in [0, 0.05) is 48.8 Å². The van der Waals surface area contributed by atoms with Crippen LogP contribution in [0, 0.1) is 6.92 Å². The van der Waals surface area contributed by atoms with Crippen molar-refractivity contribution in [1.29, 1.82) is 0 Å². The van der Waals surface area contributed by atoms with Gasteiger partial charge in [0.2, 0.25) is 0 Å². The second-order valence-corrected chi connectivity index (χ2v) is 15.7. The number of likely N-dealkylation sites (N-methyl/N-ethyl adjacent to an activating group) is 4. The summed E-state index contributed by atoms with van der Waals surface area (Å²) in [6.07, 6.45) is 13.4. The Balaban J connectivity index is 0.000000680. The van der Waals surface area contributed by atoms with Gasteiger partial charge in [0.05, 0.1) is 37.5 Å². The molecule has 14 heteroatoms. The summed E-state index contributed by atoms with van der Waals surface area (Å²) >= 11 is 0. The van der Waals surface area contributed by atoms with Crippen molar-refractivity contribution in [2.24, 2.45) is 0 Å². The van der Waals surface area contributed by atoms with Gasteiger partial charge in [-0.05, 0) is 134 Å². The van der Waals surface area contributed by atoms with Crippen LogP contribution in [0.4, 0.5) is 17.1 Å². The third-order valence-electron chi connectivity index (χ3n) is 11.2. The lowest BCUT2D eigenvalue weighted by atomic mass is 9.94. The average Bonchev–Trinajstić information content (AvgIpc) is 3.34. The molecule has 68 heavy (non-hydrogen) atoms. The molecule has 1 aliphatic heterocycles. The maximum atomic E-state index is 11.4. The van der Waals surface area contributed by atoms with Crippen molar-refractivity contribution in [3.8, 4) is 11.5 Å². The molecule has 0 bridgehead atoms. The summed E-state index contributed by atoms with van der Waals surface area (Å²) in [6.45, 7) is 11.7. The van der Waals surface area contributed by atoms with E-state index in [1.54, 1.807) is 19.3 Å². The number of hydrogen-bond donors (Lipinski definition) is 0. The Labute approximate surface area is 398 Å². The number of carboxylic acid groups (broad SMARTS) is 4. The fourth-order valence-corrected chi connectivity index (χ4v) is 7.68. The minimum Gasteiger partial charge on any atom is -0.548 e. The molecule has 0 unspecified atom stereocenters. The van der Waals surface area contributed by atoms with Crippen molar-refractivity contribution >= 4 is 57.8 Å². The van der Waals surface area contributed by atoms with Crippen molar-refractivity contribution in [2.75, 3.05) is 80.3 Å². The summed E-state index contributed by atoms with van der Waals surface area (Å²) in [5, 5.41) is 45.5. The van der Waals surface area contributed by atoms with E-state index in [0.717, 1.165) is 67.7 Å². The molecule has 4 aromatic carbocycles. The number of carbonyl (C=O) groups is 4. The number of ether oxygens (including phenoxy) is 2. The number of aryl methyl sites for hydroxylation is 1. The SMILES string of the molecule is CCN(CC(=O)[O-])c1ccc(C(=C/C=C/C(=C2C=CC(=[N+](CC)CC(=O)[O-])C=C2)c2ccc(N(CC)CC(=O)[O-])cc2)c2ccc(N(CC)CC(=O)[O-])cc2)cc1.Cc1ccc2c(c1)OCCO2. The van der Waals surface area contributed by atoms with Gasteiger partial charge in [-0.15, -0.1) is 0 Å². The van der Waals surface area contributed by atoms with Crippen LogP contribution < -0.4 is 44.6 Å². The normalized spacial score (nSPS) is 12.4. The fraction of sp³-hybridized carbons (Fsp3) is 0.278. The number of anilines is 3. The second-order valence-electron chi connectivity index (χ2n) is 15.7. The van der Waals surface area contributed by atoms with Gasteiger partial charge in [-0.2, -0.15) is 0 Å². The molecule has 0 aromatic heterocycles. The molecule has 356 valence electrons. The van der Waals surface area contributed by atoms with Crippen LogP contribution in [0.3, 0.4) is 0 Å². The van der Waals surface area contributed by atoms with Crippen LogP contribution >= 0.6 is 0 Å². The fourth-order valence-electron chi connectivity index (χ4n) is 7.68. The highest BCUT2D eigenvalue weighted by Gasteiger charge is 2.15. The molecule has 0 fully saturated rings. The van der Waals surface area contributed by atoms with Gasteiger partial charge in [0.1, 0.15) is 25.7 Å². The van der Waals surface area contributed by atoms with Crippen LogP contribution in [0.1, 0.15) is 49.9 Å². The van der Waals surface area contributed by atoms with Crippen molar-refractivity contribution in [2.45, 2.75) is 34.6 Å². The summed E-state index contributed by atoms with van der Waals surface area (Å²) in [5.74, 6) is -2.98. The quantitative estimate of drug-likeness (QED) is 0.0930. The Morgan fingerprint density at radius 3 is 1.43 bits per heavy atom. The van der Waals surface area contributed by atoms with Gasteiger partial charge in [-0.1, -0.05) is 60.7 Å². The molecule has 4 aromatic rings. The van der Waals surface area contributed by atoms with Gasteiger partial charge in [0.25, 0.3) is 0 Å². The highest BCUT2D eigenvalue weighted by Crippen LogP contribution is 2.32. The number of aliphatic carboxylic acids is 4. The Kier molecular flexibility index (Phi) is 18.9. The standard InChI is InChI=1S/C45H50N4O8.C9H10O2/c1-5-46(28-42(50)51)36-20-12-32(13-21-36)40(33-14-22-37(23-15-33)47(6-2)29-43(52)53)10-9-11-41(34-16-24-38(25-17-34)48(7-3)30-44(54)55)35-18-26-39(27-19-35)49(8-4)31-45(56)57;1-7-2-3-8-9(6-7)11-5-4-10-8/h9-27H,5-8,28-31H2,1-4H3,(H3-,50,51,52,53,54,55,56,57);2-3,6H,4-5H2,1H3/p-3.